The van der Waals surface area contributed by atoms with Gasteiger partial charge in [-0.15, -0.1) is 5.10 Å². The SMILES string of the molecule is C=CCOC(=O)C1=C(C)Nc2nc(SCCC)nn2C1c1ccc(OCCC(C)C)c(OC)c1. The molecule has 1 aromatic carbocycles. The summed E-state index contributed by atoms with van der Waals surface area (Å²) >= 11 is 1.58. The molecular formula is C25H34N4O4S. The number of methoxy groups -OCH3 is 1. The number of benzene rings is 1. The number of hydrogen-bond donors (Lipinski definition) is 1. The van der Waals surface area contributed by atoms with Gasteiger partial charge in [0.1, 0.15) is 12.6 Å². The second-order valence-corrected chi connectivity index (χ2v) is 9.47. The van der Waals surface area contributed by atoms with Gasteiger partial charge in [0.15, 0.2) is 11.5 Å². The van der Waals surface area contributed by atoms with Crippen LogP contribution in [0.2, 0.25) is 0 Å². The number of aromatic nitrogens is 3. The first kappa shape index (κ1) is 25.7. The predicted molar refractivity (Wildman–Crippen MR) is 135 cm³/mol. The summed E-state index contributed by atoms with van der Waals surface area (Å²) in [6, 6.07) is 5.17. The van der Waals surface area contributed by atoms with Crippen molar-refractivity contribution in [3.63, 3.8) is 0 Å². The van der Waals surface area contributed by atoms with Crippen LogP contribution in [-0.4, -0.2) is 46.8 Å². The maximum atomic E-state index is 13.1. The molecule has 2 heterocycles. The highest BCUT2D eigenvalue weighted by atomic mass is 32.2. The van der Waals surface area contributed by atoms with Gasteiger partial charge >= 0.3 is 5.97 Å². The molecular weight excluding hydrogens is 452 g/mol. The van der Waals surface area contributed by atoms with Crippen molar-refractivity contribution in [2.75, 3.05) is 31.4 Å². The lowest BCUT2D eigenvalue weighted by molar-refractivity contribution is -0.138. The van der Waals surface area contributed by atoms with E-state index in [-0.39, 0.29) is 6.61 Å². The standard InChI is InChI=1S/C25H34N4O4S/c1-7-12-33-23(30)21-17(5)26-24-27-25(34-14-8-2)28-29(24)22(21)18-9-10-19(20(15-18)31-6)32-13-11-16(3)4/h7,9-10,15-16,22H,1,8,11-14H2,2-6H3,(H,26,27,28). The summed E-state index contributed by atoms with van der Waals surface area (Å²) in [6.45, 7) is 12.6. The van der Waals surface area contributed by atoms with E-state index in [2.05, 4.69) is 37.7 Å². The van der Waals surface area contributed by atoms with E-state index in [1.165, 1.54) is 0 Å². The molecule has 9 heteroatoms. The Morgan fingerprint density at radius 3 is 2.82 bits per heavy atom. The third-order valence-corrected chi connectivity index (χ3v) is 6.32. The Balaban J connectivity index is 2.03. The molecule has 0 aliphatic carbocycles. The summed E-state index contributed by atoms with van der Waals surface area (Å²) in [5, 5.41) is 8.58. The number of anilines is 1. The van der Waals surface area contributed by atoms with Gasteiger partial charge in [0.25, 0.3) is 0 Å². The van der Waals surface area contributed by atoms with Crippen LogP contribution in [0.4, 0.5) is 5.95 Å². The number of thioether (sulfide) groups is 1. The van der Waals surface area contributed by atoms with E-state index in [4.69, 9.17) is 19.3 Å². The molecule has 1 atom stereocenters. The zero-order valence-corrected chi connectivity index (χ0v) is 21.4. The number of carbonyl (C=O) groups excluding carboxylic acids is 1. The molecule has 8 nitrogen and oxygen atoms in total. The van der Waals surface area contributed by atoms with Crippen LogP contribution in [0.25, 0.3) is 0 Å². The topological polar surface area (TPSA) is 87.5 Å². The lowest BCUT2D eigenvalue weighted by Crippen LogP contribution is -2.29. The average molecular weight is 487 g/mol. The van der Waals surface area contributed by atoms with Crippen molar-refractivity contribution in [2.45, 2.75) is 51.7 Å². The number of carbonyl (C=O) groups is 1. The van der Waals surface area contributed by atoms with E-state index in [9.17, 15) is 4.79 Å². The fourth-order valence-corrected chi connectivity index (χ4v) is 4.23. The van der Waals surface area contributed by atoms with Crippen molar-refractivity contribution in [3.05, 3.63) is 47.7 Å². The number of nitrogens with zero attached hydrogens (tertiary/aromatic N) is 3. The molecule has 0 spiro atoms. The normalized spacial score (nSPS) is 15.1. The molecule has 2 aromatic rings. The molecule has 1 N–H and O–H groups in total. The van der Waals surface area contributed by atoms with Crippen LogP contribution in [0.1, 0.15) is 52.1 Å². The van der Waals surface area contributed by atoms with E-state index >= 15 is 0 Å². The van der Waals surface area contributed by atoms with Crippen molar-refractivity contribution < 1.29 is 19.0 Å². The van der Waals surface area contributed by atoms with Crippen LogP contribution in [-0.2, 0) is 9.53 Å². The molecule has 0 bridgehead atoms. The summed E-state index contributed by atoms with van der Waals surface area (Å²) in [6.07, 6.45) is 3.50. The highest BCUT2D eigenvalue weighted by molar-refractivity contribution is 7.99. The van der Waals surface area contributed by atoms with Gasteiger partial charge in [-0.1, -0.05) is 51.3 Å². The number of rotatable bonds is 12. The third-order valence-electron chi connectivity index (χ3n) is 5.28. The highest BCUT2D eigenvalue weighted by Crippen LogP contribution is 2.40. The molecule has 0 saturated heterocycles. The van der Waals surface area contributed by atoms with E-state index in [0.717, 1.165) is 24.2 Å². The zero-order valence-electron chi connectivity index (χ0n) is 20.6. The molecule has 0 amide bonds. The highest BCUT2D eigenvalue weighted by Gasteiger charge is 2.35. The maximum absolute atomic E-state index is 13.1. The van der Waals surface area contributed by atoms with Crippen LogP contribution < -0.4 is 14.8 Å². The first-order valence-electron chi connectivity index (χ1n) is 11.5. The summed E-state index contributed by atoms with van der Waals surface area (Å²) in [4.78, 5) is 17.7. The Kier molecular flexibility index (Phi) is 9.04. The van der Waals surface area contributed by atoms with Gasteiger partial charge < -0.3 is 19.5 Å². The molecule has 0 fully saturated rings. The summed E-state index contributed by atoms with van der Waals surface area (Å²) in [7, 11) is 1.61. The first-order valence-corrected chi connectivity index (χ1v) is 12.5. The maximum Gasteiger partial charge on any atom is 0.338 e. The van der Waals surface area contributed by atoms with E-state index < -0.39 is 12.0 Å². The second kappa shape index (κ2) is 12.0. The van der Waals surface area contributed by atoms with E-state index in [1.54, 1.807) is 29.6 Å². The largest absolute Gasteiger partial charge is 0.493 e. The molecule has 0 saturated carbocycles. The molecule has 184 valence electrons. The Morgan fingerprint density at radius 2 is 2.15 bits per heavy atom. The summed E-state index contributed by atoms with van der Waals surface area (Å²) in [5.74, 6) is 2.86. The molecule has 34 heavy (non-hydrogen) atoms. The molecule has 0 radical (unpaired) electrons. The van der Waals surface area contributed by atoms with Gasteiger partial charge in [-0.2, -0.15) is 4.98 Å². The first-order chi connectivity index (χ1) is 16.4. The average Bonchev–Trinajstić information content (AvgIpc) is 3.22. The van der Waals surface area contributed by atoms with Crippen molar-refractivity contribution in [3.8, 4) is 11.5 Å². The van der Waals surface area contributed by atoms with Gasteiger partial charge in [-0.25, -0.2) is 9.48 Å². The van der Waals surface area contributed by atoms with Crippen LogP contribution >= 0.6 is 11.8 Å². The van der Waals surface area contributed by atoms with E-state index in [0.29, 0.717) is 46.4 Å². The van der Waals surface area contributed by atoms with Crippen LogP contribution in [0.15, 0.2) is 47.3 Å². The Labute approximate surface area is 205 Å². The molecule has 1 aromatic heterocycles. The van der Waals surface area contributed by atoms with Crippen LogP contribution in [0.3, 0.4) is 0 Å². The van der Waals surface area contributed by atoms with Gasteiger partial charge in [0, 0.05) is 11.4 Å². The van der Waals surface area contributed by atoms with E-state index in [1.807, 2.05) is 25.1 Å². The smallest absolute Gasteiger partial charge is 0.338 e. The van der Waals surface area contributed by atoms with Crippen molar-refractivity contribution in [1.29, 1.82) is 0 Å². The lowest BCUT2D eigenvalue weighted by Gasteiger charge is -2.28. The lowest BCUT2D eigenvalue weighted by atomic mass is 9.95. The summed E-state index contributed by atoms with van der Waals surface area (Å²) in [5.41, 5.74) is 1.95. The van der Waals surface area contributed by atoms with Crippen LogP contribution in [0, 0.1) is 5.92 Å². The number of fused-ring (bicyclic) bond motifs is 1. The monoisotopic (exact) mass is 486 g/mol. The minimum absolute atomic E-state index is 0.121. The zero-order chi connectivity index (χ0) is 24.7. The Bertz CT molecular complexity index is 1050. The number of allylic oxidation sites excluding steroid dienone is 1. The van der Waals surface area contributed by atoms with Gasteiger partial charge in [-0.3, -0.25) is 0 Å². The third kappa shape index (κ3) is 5.94. The fourth-order valence-electron chi connectivity index (χ4n) is 3.55. The van der Waals surface area contributed by atoms with Gasteiger partial charge in [-0.05, 0) is 43.4 Å². The number of nitrogens with one attached hydrogen (secondary N) is 1. The minimum Gasteiger partial charge on any atom is -0.493 e. The quantitative estimate of drug-likeness (QED) is 0.248. The number of esters is 1. The fraction of sp³-hybridized carbons (Fsp3) is 0.480. The molecule has 3 rings (SSSR count). The number of ether oxygens (including phenoxy) is 3. The molecule has 1 aliphatic rings. The predicted octanol–water partition coefficient (Wildman–Crippen LogP) is 5.23. The van der Waals surface area contributed by atoms with Gasteiger partial charge in [0.2, 0.25) is 11.1 Å². The van der Waals surface area contributed by atoms with Crippen molar-refractivity contribution in [2.24, 2.45) is 5.92 Å². The Morgan fingerprint density at radius 1 is 1.35 bits per heavy atom. The van der Waals surface area contributed by atoms with Crippen molar-refractivity contribution in [1.82, 2.24) is 14.8 Å². The van der Waals surface area contributed by atoms with Crippen LogP contribution in [0.5, 0.6) is 11.5 Å². The number of hydrogen-bond acceptors (Lipinski definition) is 8. The summed E-state index contributed by atoms with van der Waals surface area (Å²) < 4.78 is 18.7. The Hall–Kier alpha value is -2.94. The van der Waals surface area contributed by atoms with Crippen molar-refractivity contribution >= 4 is 23.7 Å². The minimum atomic E-state index is -0.532. The van der Waals surface area contributed by atoms with Gasteiger partial charge in [0.05, 0.1) is 19.3 Å². The second-order valence-electron chi connectivity index (χ2n) is 8.41. The molecule has 1 aliphatic heterocycles. The molecule has 1 unspecified atom stereocenters.